The minimum Gasteiger partial charge on any atom is -0.478 e. The van der Waals surface area contributed by atoms with E-state index in [1.807, 2.05) is 35.7 Å². The van der Waals surface area contributed by atoms with Crippen LogP contribution in [0.5, 0.6) is 0 Å². The van der Waals surface area contributed by atoms with Crippen molar-refractivity contribution in [3.05, 3.63) is 59.9 Å². The number of aromatic carboxylic acids is 1. The fourth-order valence-corrected chi connectivity index (χ4v) is 2.12. The molecule has 1 aromatic carbocycles. The van der Waals surface area contributed by atoms with Crippen LogP contribution in [0.15, 0.2) is 48.8 Å². The summed E-state index contributed by atoms with van der Waals surface area (Å²) in [5.74, 6) is -0.184. The van der Waals surface area contributed by atoms with E-state index in [9.17, 15) is 4.79 Å². The summed E-state index contributed by atoms with van der Waals surface area (Å²) in [6.45, 7) is 2.03. The Morgan fingerprint density at radius 2 is 2.11 bits per heavy atom. The predicted octanol–water partition coefficient (Wildman–Crippen LogP) is 3.01. The maximum Gasteiger partial charge on any atom is 0.335 e. The SMILES string of the molecule is Cc1ccn2c(-c3cccc(C(=O)O)c3)ncc2c1. The van der Waals surface area contributed by atoms with Gasteiger partial charge in [0, 0.05) is 11.8 Å². The second-order valence-corrected chi connectivity index (χ2v) is 4.47. The minimum atomic E-state index is -0.932. The Hall–Kier alpha value is -2.62. The Morgan fingerprint density at radius 3 is 2.89 bits per heavy atom. The van der Waals surface area contributed by atoms with Gasteiger partial charge in [-0.05, 0) is 36.8 Å². The van der Waals surface area contributed by atoms with E-state index >= 15 is 0 Å². The highest BCUT2D eigenvalue weighted by atomic mass is 16.4. The molecule has 0 radical (unpaired) electrons. The van der Waals surface area contributed by atoms with Gasteiger partial charge in [0.2, 0.25) is 0 Å². The lowest BCUT2D eigenvalue weighted by molar-refractivity contribution is 0.0697. The summed E-state index contributed by atoms with van der Waals surface area (Å²) in [4.78, 5) is 15.4. The molecule has 0 aliphatic carbocycles. The molecule has 2 heterocycles. The standard InChI is InChI=1S/C15H12N2O2/c1-10-5-6-17-13(7-10)9-16-14(17)11-3-2-4-12(8-11)15(18)19/h2-9H,1H3,(H,18,19). The van der Waals surface area contributed by atoms with Crippen molar-refractivity contribution in [2.24, 2.45) is 0 Å². The average molecular weight is 252 g/mol. The molecule has 19 heavy (non-hydrogen) atoms. The molecule has 0 saturated heterocycles. The van der Waals surface area contributed by atoms with Gasteiger partial charge in [0.1, 0.15) is 5.82 Å². The number of imidazole rings is 1. The highest BCUT2D eigenvalue weighted by Gasteiger charge is 2.09. The van der Waals surface area contributed by atoms with Gasteiger partial charge in [-0.1, -0.05) is 12.1 Å². The summed E-state index contributed by atoms with van der Waals surface area (Å²) in [6, 6.07) is 10.8. The topological polar surface area (TPSA) is 54.6 Å². The number of hydrogen-bond donors (Lipinski definition) is 1. The molecule has 0 fully saturated rings. The third-order valence-corrected chi connectivity index (χ3v) is 3.06. The number of benzene rings is 1. The van der Waals surface area contributed by atoms with Crippen molar-refractivity contribution in [3.8, 4) is 11.4 Å². The van der Waals surface area contributed by atoms with Gasteiger partial charge in [0.15, 0.2) is 0 Å². The van der Waals surface area contributed by atoms with Crippen molar-refractivity contribution in [1.29, 1.82) is 0 Å². The van der Waals surface area contributed by atoms with E-state index in [1.165, 1.54) is 5.56 Å². The van der Waals surface area contributed by atoms with Gasteiger partial charge in [0.05, 0.1) is 17.3 Å². The molecule has 0 saturated carbocycles. The smallest absolute Gasteiger partial charge is 0.335 e. The molecule has 1 N–H and O–H groups in total. The first-order valence-electron chi connectivity index (χ1n) is 5.92. The number of carboxylic acids is 1. The molecular formula is C15H12N2O2. The Bertz CT molecular complexity index is 775. The molecule has 0 aliphatic heterocycles. The van der Waals surface area contributed by atoms with Crippen LogP contribution >= 0.6 is 0 Å². The molecule has 0 atom stereocenters. The highest BCUT2D eigenvalue weighted by molar-refractivity contribution is 5.89. The fourth-order valence-electron chi connectivity index (χ4n) is 2.12. The number of pyridine rings is 1. The fraction of sp³-hybridized carbons (Fsp3) is 0.0667. The maximum absolute atomic E-state index is 11.0. The third kappa shape index (κ3) is 1.97. The minimum absolute atomic E-state index is 0.265. The zero-order valence-electron chi connectivity index (χ0n) is 10.4. The van der Waals surface area contributed by atoms with Crippen LogP contribution < -0.4 is 0 Å². The van der Waals surface area contributed by atoms with Crippen LogP contribution in [0.25, 0.3) is 16.9 Å². The normalized spacial score (nSPS) is 10.8. The van der Waals surface area contributed by atoms with E-state index in [2.05, 4.69) is 4.98 Å². The third-order valence-electron chi connectivity index (χ3n) is 3.06. The molecule has 2 aromatic heterocycles. The molecule has 0 spiro atoms. The zero-order chi connectivity index (χ0) is 13.4. The number of carboxylic acid groups (broad SMARTS) is 1. The molecule has 4 nitrogen and oxygen atoms in total. The summed E-state index contributed by atoms with van der Waals surface area (Å²) in [6.07, 6.45) is 3.73. The summed E-state index contributed by atoms with van der Waals surface area (Å²) in [5, 5.41) is 9.03. The summed E-state index contributed by atoms with van der Waals surface area (Å²) < 4.78 is 1.95. The molecule has 4 heteroatoms. The number of fused-ring (bicyclic) bond motifs is 1. The molecule has 0 unspecified atom stereocenters. The van der Waals surface area contributed by atoms with Crippen LogP contribution in [0.3, 0.4) is 0 Å². The van der Waals surface area contributed by atoms with Crippen molar-refractivity contribution < 1.29 is 9.90 Å². The number of nitrogens with zero attached hydrogens (tertiary/aromatic N) is 2. The van der Waals surface area contributed by atoms with Crippen molar-refractivity contribution in [3.63, 3.8) is 0 Å². The van der Waals surface area contributed by atoms with Gasteiger partial charge >= 0.3 is 5.97 Å². The molecule has 94 valence electrons. The molecule has 3 aromatic rings. The summed E-state index contributed by atoms with van der Waals surface area (Å²) >= 11 is 0. The first-order valence-corrected chi connectivity index (χ1v) is 5.92. The van der Waals surface area contributed by atoms with Gasteiger partial charge in [-0.25, -0.2) is 9.78 Å². The first kappa shape index (κ1) is 11.5. The van der Waals surface area contributed by atoms with Gasteiger partial charge in [-0.2, -0.15) is 0 Å². The quantitative estimate of drug-likeness (QED) is 0.762. The molecule has 0 aliphatic rings. The van der Waals surface area contributed by atoms with E-state index in [4.69, 9.17) is 5.11 Å². The molecule has 3 rings (SSSR count). The van der Waals surface area contributed by atoms with Gasteiger partial charge in [-0.15, -0.1) is 0 Å². The van der Waals surface area contributed by atoms with Gasteiger partial charge in [-0.3, -0.25) is 4.40 Å². The average Bonchev–Trinajstić information content (AvgIpc) is 2.81. The lowest BCUT2D eigenvalue weighted by atomic mass is 10.1. The summed E-state index contributed by atoms with van der Waals surface area (Å²) in [7, 11) is 0. The number of aromatic nitrogens is 2. The summed E-state index contributed by atoms with van der Waals surface area (Å²) in [5.41, 5.74) is 3.22. The number of carbonyl (C=O) groups is 1. The molecular weight excluding hydrogens is 240 g/mol. The van der Waals surface area contributed by atoms with E-state index in [-0.39, 0.29) is 5.56 Å². The predicted molar refractivity (Wildman–Crippen MR) is 72.3 cm³/mol. The van der Waals surface area contributed by atoms with Crippen molar-refractivity contribution in [2.45, 2.75) is 6.92 Å². The van der Waals surface area contributed by atoms with Crippen LogP contribution in [0, 0.1) is 6.92 Å². The van der Waals surface area contributed by atoms with Crippen LogP contribution in [-0.4, -0.2) is 20.5 Å². The Morgan fingerprint density at radius 1 is 1.26 bits per heavy atom. The monoisotopic (exact) mass is 252 g/mol. The lowest BCUT2D eigenvalue weighted by Gasteiger charge is -2.03. The number of rotatable bonds is 2. The lowest BCUT2D eigenvalue weighted by Crippen LogP contribution is -1.97. The van der Waals surface area contributed by atoms with Crippen LogP contribution in [0.2, 0.25) is 0 Å². The maximum atomic E-state index is 11.0. The highest BCUT2D eigenvalue weighted by Crippen LogP contribution is 2.21. The van der Waals surface area contributed by atoms with Crippen LogP contribution in [0.4, 0.5) is 0 Å². The van der Waals surface area contributed by atoms with E-state index < -0.39 is 5.97 Å². The van der Waals surface area contributed by atoms with Gasteiger partial charge < -0.3 is 5.11 Å². The second-order valence-electron chi connectivity index (χ2n) is 4.47. The Labute approximate surface area is 110 Å². The van der Waals surface area contributed by atoms with Crippen molar-refractivity contribution in [1.82, 2.24) is 9.38 Å². The largest absolute Gasteiger partial charge is 0.478 e. The van der Waals surface area contributed by atoms with Gasteiger partial charge in [0.25, 0.3) is 0 Å². The molecule has 0 bridgehead atoms. The van der Waals surface area contributed by atoms with Crippen LogP contribution in [-0.2, 0) is 0 Å². The van der Waals surface area contributed by atoms with Crippen molar-refractivity contribution in [2.75, 3.05) is 0 Å². The molecule has 0 amide bonds. The van der Waals surface area contributed by atoms with Crippen molar-refractivity contribution >= 4 is 11.5 Å². The van der Waals surface area contributed by atoms with E-state index in [0.717, 1.165) is 16.9 Å². The number of aryl methyl sites for hydroxylation is 1. The zero-order valence-corrected chi connectivity index (χ0v) is 10.4. The Kier molecular flexibility index (Phi) is 2.56. The Balaban J connectivity index is 2.19. The second kappa shape index (κ2) is 4.24. The van der Waals surface area contributed by atoms with E-state index in [0.29, 0.717) is 0 Å². The first-order chi connectivity index (χ1) is 9.15. The number of hydrogen-bond acceptors (Lipinski definition) is 2. The van der Waals surface area contributed by atoms with E-state index in [1.54, 1.807) is 24.4 Å². The van der Waals surface area contributed by atoms with Crippen LogP contribution in [0.1, 0.15) is 15.9 Å².